The van der Waals surface area contributed by atoms with Crippen molar-refractivity contribution < 1.29 is 8.42 Å². The Kier molecular flexibility index (Phi) is 4.48. The second-order valence-electron chi connectivity index (χ2n) is 4.43. The number of hydrogen-bond acceptors (Lipinski definition) is 3. The molecular formula is C12H19N3O2S. The first-order valence-corrected chi connectivity index (χ1v) is 7.11. The Morgan fingerprint density at radius 1 is 1.39 bits per heavy atom. The number of nitrogens with zero attached hydrogens (tertiary/aromatic N) is 1. The van der Waals surface area contributed by atoms with Crippen LogP contribution in [0.5, 0.6) is 0 Å². The van der Waals surface area contributed by atoms with E-state index in [-0.39, 0.29) is 23.3 Å². The quantitative estimate of drug-likeness (QED) is 0.624. The molecular weight excluding hydrogens is 250 g/mol. The number of nitrogens with two attached hydrogens (primary N) is 1. The molecule has 0 saturated carbocycles. The number of benzene rings is 1. The van der Waals surface area contributed by atoms with Crippen molar-refractivity contribution in [2.75, 3.05) is 6.54 Å². The molecule has 1 aromatic carbocycles. The summed E-state index contributed by atoms with van der Waals surface area (Å²) in [6, 6.07) is 6.54. The number of amidine groups is 1. The van der Waals surface area contributed by atoms with Gasteiger partial charge in [0.25, 0.3) is 0 Å². The van der Waals surface area contributed by atoms with Crippen molar-refractivity contribution in [3.63, 3.8) is 0 Å². The van der Waals surface area contributed by atoms with Gasteiger partial charge >= 0.3 is 0 Å². The summed E-state index contributed by atoms with van der Waals surface area (Å²) in [7, 11) is -3.61. The third-order valence-corrected chi connectivity index (χ3v) is 4.76. The molecule has 0 aliphatic rings. The Morgan fingerprint density at radius 3 is 2.39 bits per heavy atom. The van der Waals surface area contributed by atoms with Gasteiger partial charge in [0.2, 0.25) is 10.0 Å². The Morgan fingerprint density at radius 2 is 1.94 bits per heavy atom. The molecule has 0 radical (unpaired) electrons. The van der Waals surface area contributed by atoms with Crippen LogP contribution in [0.25, 0.3) is 0 Å². The molecule has 6 heteroatoms. The van der Waals surface area contributed by atoms with Gasteiger partial charge in [0, 0.05) is 6.04 Å². The van der Waals surface area contributed by atoms with Crippen molar-refractivity contribution >= 4 is 15.9 Å². The second kappa shape index (κ2) is 5.49. The second-order valence-corrected chi connectivity index (χ2v) is 6.29. The first-order chi connectivity index (χ1) is 8.26. The molecule has 1 rings (SSSR count). The minimum atomic E-state index is -3.61. The lowest BCUT2D eigenvalue weighted by molar-refractivity contribution is 0.389. The minimum Gasteiger partial charge on any atom is -0.387 e. The minimum absolute atomic E-state index is 0.0890. The van der Waals surface area contributed by atoms with Crippen LogP contribution in [-0.2, 0) is 10.0 Å². The van der Waals surface area contributed by atoms with E-state index in [4.69, 9.17) is 11.1 Å². The summed E-state index contributed by atoms with van der Waals surface area (Å²) in [6.45, 7) is 5.19. The summed E-state index contributed by atoms with van der Waals surface area (Å²) in [5.74, 6) is -0.166. The van der Waals surface area contributed by atoms with Crippen molar-refractivity contribution in [3.8, 4) is 0 Å². The standard InChI is InChI=1S/C12H19N3O2S/c1-9(2)15(8-12(13)14)18(16,17)11-7-5-4-6-10(11)3/h4-7,9H,8H2,1-3H3,(H3,13,14). The average molecular weight is 269 g/mol. The average Bonchev–Trinajstić information content (AvgIpc) is 2.25. The van der Waals surface area contributed by atoms with Crippen LogP contribution in [-0.4, -0.2) is 31.1 Å². The zero-order valence-electron chi connectivity index (χ0n) is 10.8. The van der Waals surface area contributed by atoms with Crippen LogP contribution in [0.4, 0.5) is 0 Å². The van der Waals surface area contributed by atoms with Crippen molar-refractivity contribution in [1.82, 2.24) is 4.31 Å². The van der Waals surface area contributed by atoms with Crippen LogP contribution in [0.1, 0.15) is 19.4 Å². The Hall–Kier alpha value is -1.40. The van der Waals surface area contributed by atoms with E-state index >= 15 is 0 Å². The first kappa shape index (κ1) is 14.7. The molecule has 0 heterocycles. The van der Waals surface area contributed by atoms with Gasteiger partial charge in [-0.3, -0.25) is 5.41 Å². The maximum absolute atomic E-state index is 12.5. The van der Waals surface area contributed by atoms with Gasteiger partial charge in [0.1, 0.15) is 5.84 Å². The molecule has 0 atom stereocenters. The van der Waals surface area contributed by atoms with Crippen molar-refractivity contribution in [3.05, 3.63) is 29.8 Å². The third kappa shape index (κ3) is 3.08. The molecule has 100 valence electrons. The number of sulfonamides is 1. The Bertz CT molecular complexity index is 538. The fourth-order valence-electron chi connectivity index (χ4n) is 1.69. The van der Waals surface area contributed by atoms with Gasteiger partial charge in [-0.15, -0.1) is 0 Å². The van der Waals surface area contributed by atoms with Crippen LogP contribution in [0.15, 0.2) is 29.2 Å². The lowest BCUT2D eigenvalue weighted by Gasteiger charge is -2.26. The number of nitrogens with one attached hydrogen (secondary N) is 1. The van der Waals surface area contributed by atoms with E-state index in [1.807, 2.05) is 0 Å². The highest BCUT2D eigenvalue weighted by Crippen LogP contribution is 2.21. The monoisotopic (exact) mass is 269 g/mol. The van der Waals surface area contributed by atoms with Crippen LogP contribution in [0.2, 0.25) is 0 Å². The molecule has 0 unspecified atom stereocenters. The van der Waals surface area contributed by atoms with E-state index in [1.54, 1.807) is 45.0 Å². The van der Waals surface area contributed by atoms with Gasteiger partial charge < -0.3 is 5.73 Å². The third-order valence-electron chi connectivity index (χ3n) is 2.58. The Balaban J connectivity index is 3.26. The maximum Gasteiger partial charge on any atom is 0.243 e. The van der Waals surface area contributed by atoms with Gasteiger partial charge in [-0.25, -0.2) is 8.42 Å². The SMILES string of the molecule is Cc1ccccc1S(=O)(=O)N(CC(=N)N)C(C)C. The summed E-state index contributed by atoms with van der Waals surface area (Å²) in [4.78, 5) is 0.264. The molecule has 18 heavy (non-hydrogen) atoms. The van der Waals surface area contributed by atoms with E-state index in [2.05, 4.69) is 0 Å². The van der Waals surface area contributed by atoms with Crippen molar-refractivity contribution in [2.45, 2.75) is 31.7 Å². The normalized spacial score (nSPS) is 12.1. The van der Waals surface area contributed by atoms with E-state index in [0.717, 1.165) is 0 Å². The molecule has 0 spiro atoms. The van der Waals surface area contributed by atoms with Crippen molar-refractivity contribution in [1.29, 1.82) is 5.41 Å². The summed E-state index contributed by atoms with van der Waals surface area (Å²) >= 11 is 0. The molecule has 0 aliphatic heterocycles. The zero-order valence-corrected chi connectivity index (χ0v) is 11.7. The molecule has 1 aromatic rings. The first-order valence-electron chi connectivity index (χ1n) is 5.67. The van der Waals surface area contributed by atoms with E-state index in [1.165, 1.54) is 4.31 Å². The number of rotatable bonds is 5. The fourth-order valence-corrected chi connectivity index (χ4v) is 3.53. The molecule has 0 amide bonds. The molecule has 0 saturated heterocycles. The molecule has 0 fully saturated rings. The summed E-state index contributed by atoms with van der Waals surface area (Å²) in [5.41, 5.74) is 6.01. The van der Waals surface area contributed by atoms with Crippen LogP contribution in [0, 0.1) is 12.3 Å². The van der Waals surface area contributed by atoms with Crippen LogP contribution >= 0.6 is 0 Å². The predicted molar refractivity (Wildman–Crippen MR) is 72.1 cm³/mol. The smallest absolute Gasteiger partial charge is 0.243 e. The number of aryl methyl sites for hydroxylation is 1. The molecule has 0 aliphatic carbocycles. The van der Waals surface area contributed by atoms with E-state index in [0.29, 0.717) is 5.56 Å². The van der Waals surface area contributed by atoms with Gasteiger partial charge in [-0.1, -0.05) is 18.2 Å². The van der Waals surface area contributed by atoms with Gasteiger partial charge in [-0.2, -0.15) is 4.31 Å². The lowest BCUT2D eigenvalue weighted by atomic mass is 10.2. The molecule has 5 nitrogen and oxygen atoms in total. The van der Waals surface area contributed by atoms with Gasteiger partial charge in [-0.05, 0) is 32.4 Å². The predicted octanol–water partition coefficient (Wildman–Crippen LogP) is 1.33. The van der Waals surface area contributed by atoms with E-state index in [9.17, 15) is 8.42 Å². The highest BCUT2D eigenvalue weighted by atomic mass is 32.2. The summed E-state index contributed by atoms with van der Waals surface area (Å²) in [5, 5.41) is 7.29. The van der Waals surface area contributed by atoms with Crippen LogP contribution < -0.4 is 5.73 Å². The van der Waals surface area contributed by atoms with Crippen LogP contribution in [0.3, 0.4) is 0 Å². The molecule has 0 aromatic heterocycles. The van der Waals surface area contributed by atoms with E-state index < -0.39 is 10.0 Å². The topological polar surface area (TPSA) is 87.2 Å². The molecule has 3 N–H and O–H groups in total. The number of hydrogen-bond donors (Lipinski definition) is 2. The zero-order chi connectivity index (χ0) is 13.9. The van der Waals surface area contributed by atoms with Gasteiger partial charge in [0.05, 0.1) is 11.4 Å². The highest BCUT2D eigenvalue weighted by Gasteiger charge is 2.28. The lowest BCUT2D eigenvalue weighted by Crippen LogP contribution is -2.42. The largest absolute Gasteiger partial charge is 0.387 e. The highest BCUT2D eigenvalue weighted by molar-refractivity contribution is 7.89. The molecule has 0 bridgehead atoms. The van der Waals surface area contributed by atoms with Crippen molar-refractivity contribution in [2.24, 2.45) is 5.73 Å². The fraction of sp³-hybridized carbons (Fsp3) is 0.417. The Labute approximate surface area is 108 Å². The summed E-state index contributed by atoms with van der Waals surface area (Å²) < 4.78 is 26.2. The maximum atomic E-state index is 12.5. The van der Waals surface area contributed by atoms with Gasteiger partial charge in [0.15, 0.2) is 0 Å². The summed E-state index contributed by atoms with van der Waals surface area (Å²) in [6.07, 6.45) is 0.